The lowest BCUT2D eigenvalue weighted by atomic mass is 10.1. The number of halogens is 1. The van der Waals surface area contributed by atoms with Crippen LogP contribution in [0.4, 0.5) is 0 Å². The molecular weight excluding hydrogens is 488 g/mol. The first-order chi connectivity index (χ1) is 18.1. The lowest BCUT2D eigenvalue weighted by Crippen LogP contribution is -2.28. The maximum atomic E-state index is 13.0. The number of hydrogen-bond acceptors (Lipinski definition) is 6. The minimum atomic E-state index is -0.135. The van der Waals surface area contributed by atoms with E-state index in [1.165, 1.54) is 0 Å². The number of nitrogens with one attached hydrogen (secondary N) is 1. The highest BCUT2D eigenvalue weighted by molar-refractivity contribution is 6.31. The predicted molar refractivity (Wildman–Crippen MR) is 144 cm³/mol. The SMILES string of the molecule is CCOc1ccc2[nH]c(=O)c(CN(Cc3ccccc3Cl)Cc3nnnn3Cc3ccccc3)cc2c1. The first kappa shape index (κ1) is 24.7. The van der Waals surface area contributed by atoms with Gasteiger partial charge in [-0.05, 0) is 58.8 Å². The fraction of sp³-hybridized carbons (Fsp3) is 0.214. The quantitative estimate of drug-likeness (QED) is 0.287. The van der Waals surface area contributed by atoms with E-state index < -0.39 is 0 Å². The molecule has 9 heteroatoms. The molecule has 5 aromatic rings. The molecule has 0 bridgehead atoms. The maximum absolute atomic E-state index is 13.0. The van der Waals surface area contributed by atoms with Crippen LogP contribution in [0, 0.1) is 0 Å². The number of rotatable bonds is 10. The number of tetrazole rings is 1. The summed E-state index contributed by atoms with van der Waals surface area (Å²) in [6.07, 6.45) is 0. The van der Waals surface area contributed by atoms with E-state index in [4.69, 9.17) is 16.3 Å². The van der Waals surface area contributed by atoms with E-state index in [0.29, 0.717) is 49.2 Å². The molecule has 188 valence electrons. The van der Waals surface area contributed by atoms with E-state index in [1.54, 1.807) is 4.68 Å². The Morgan fingerprint density at radius 2 is 1.73 bits per heavy atom. The minimum absolute atomic E-state index is 0.135. The number of benzene rings is 3. The molecule has 0 radical (unpaired) electrons. The van der Waals surface area contributed by atoms with Gasteiger partial charge in [0.25, 0.3) is 5.56 Å². The summed E-state index contributed by atoms with van der Waals surface area (Å²) in [6, 6.07) is 25.3. The van der Waals surface area contributed by atoms with Gasteiger partial charge in [0.05, 0.1) is 19.7 Å². The molecule has 2 heterocycles. The van der Waals surface area contributed by atoms with Gasteiger partial charge >= 0.3 is 0 Å². The third-order valence-corrected chi connectivity index (χ3v) is 6.46. The fourth-order valence-corrected chi connectivity index (χ4v) is 4.49. The van der Waals surface area contributed by atoms with Crippen LogP contribution < -0.4 is 10.3 Å². The van der Waals surface area contributed by atoms with Crippen LogP contribution in [0.3, 0.4) is 0 Å². The summed E-state index contributed by atoms with van der Waals surface area (Å²) in [7, 11) is 0. The number of ether oxygens (including phenoxy) is 1. The molecule has 0 aliphatic heterocycles. The zero-order chi connectivity index (χ0) is 25.6. The Bertz CT molecular complexity index is 1550. The van der Waals surface area contributed by atoms with Gasteiger partial charge in [0, 0.05) is 34.6 Å². The molecule has 5 rings (SSSR count). The Hall–Kier alpha value is -4.01. The predicted octanol–water partition coefficient (Wildman–Crippen LogP) is 4.82. The molecule has 2 aromatic heterocycles. The van der Waals surface area contributed by atoms with Crippen molar-refractivity contribution < 1.29 is 4.74 Å². The highest BCUT2D eigenvalue weighted by Crippen LogP contribution is 2.22. The normalized spacial score (nSPS) is 11.3. The molecule has 3 aromatic carbocycles. The van der Waals surface area contributed by atoms with Crippen LogP contribution in [0.25, 0.3) is 10.9 Å². The van der Waals surface area contributed by atoms with Crippen LogP contribution in [0.1, 0.15) is 29.4 Å². The van der Waals surface area contributed by atoms with Crippen LogP contribution in [0.5, 0.6) is 5.75 Å². The van der Waals surface area contributed by atoms with Crippen molar-refractivity contribution in [3.05, 3.63) is 117 Å². The number of H-pyrrole nitrogens is 1. The van der Waals surface area contributed by atoms with Gasteiger partial charge in [-0.3, -0.25) is 9.69 Å². The van der Waals surface area contributed by atoms with Gasteiger partial charge in [-0.1, -0.05) is 60.1 Å². The van der Waals surface area contributed by atoms with E-state index in [-0.39, 0.29) is 5.56 Å². The van der Waals surface area contributed by atoms with E-state index in [1.807, 2.05) is 85.8 Å². The highest BCUT2D eigenvalue weighted by atomic mass is 35.5. The lowest BCUT2D eigenvalue weighted by Gasteiger charge is -2.22. The standard InChI is InChI=1S/C28H27ClN6O2/c1-2-37-24-12-13-26-22(15-24)14-23(28(36)30-26)18-34(17-21-10-6-7-11-25(21)29)19-27-31-32-33-35(27)16-20-8-4-3-5-9-20/h3-15H,2,16-19H2,1H3,(H,30,36). The first-order valence-electron chi connectivity index (χ1n) is 12.1. The number of hydrogen-bond donors (Lipinski definition) is 1. The van der Waals surface area contributed by atoms with Crippen molar-refractivity contribution in [1.29, 1.82) is 0 Å². The molecule has 0 saturated heterocycles. The Labute approximate surface area is 219 Å². The molecule has 0 aliphatic rings. The number of fused-ring (bicyclic) bond motifs is 1. The Kier molecular flexibility index (Phi) is 7.58. The van der Waals surface area contributed by atoms with E-state index in [0.717, 1.165) is 27.8 Å². The largest absolute Gasteiger partial charge is 0.494 e. The van der Waals surface area contributed by atoms with Crippen molar-refractivity contribution in [3.63, 3.8) is 0 Å². The van der Waals surface area contributed by atoms with Crippen LogP contribution in [-0.4, -0.2) is 36.7 Å². The number of pyridine rings is 1. The topological polar surface area (TPSA) is 88.9 Å². The molecule has 0 atom stereocenters. The molecule has 0 unspecified atom stereocenters. The van der Waals surface area contributed by atoms with Crippen molar-refractivity contribution in [2.45, 2.75) is 33.1 Å². The van der Waals surface area contributed by atoms with Gasteiger partial charge in [0.15, 0.2) is 5.82 Å². The molecule has 0 saturated carbocycles. The van der Waals surface area contributed by atoms with Crippen LogP contribution >= 0.6 is 11.6 Å². The number of aromatic nitrogens is 5. The Morgan fingerprint density at radius 1 is 0.946 bits per heavy atom. The van der Waals surface area contributed by atoms with Crippen molar-refractivity contribution >= 4 is 22.5 Å². The third-order valence-electron chi connectivity index (χ3n) is 6.10. The van der Waals surface area contributed by atoms with E-state index >= 15 is 0 Å². The lowest BCUT2D eigenvalue weighted by molar-refractivity contribution is 0.236. The second kappa shape index (κ2) is 11.4. The second-order valence-corrected chi connectivity index (χ2v) is 9.19. The number of nitrogens with zero attached hydrogens (tertiary/aromatic N) is 5. The van der Waals surface area contributed by atoms with Crippen LogP contribution in [0.15, 0.2) is 83.7 Å². The summed E-state index contributed by atoms with van der Waals surface area (Å²) in [4.78, 5) is 18.1. The smallest absolute Gasteiger partial charge is 0.252 e. The van der Waals surface area contributed by atoms with Gasteiger partial charge in [0.2, 0.25) is 0 Å². The van der Waals surface area contributed by atoms with Crippen molar-refractivity contribution in [1.82, 2.24) is 30.1 Å². The van der Waals surface area contributed by atoms with Gasteiger partial charge in [0.1, 0.15) is 5.75 Å². The molecule has 1 N–H and O–H groups in total. The minimum Gasteiger partial charge on any atom is -0.494 e. The average molecular weight is 515 g/mol. The molecule has 37 heavy (non-hydrogen) atoms. The van der Waals surface area contributed by atoms with E-state index in [9.17, 15) is 4.79 Å². The van der Waals surface area contributed by atoms with Crippen LogP contribution in [0.2, 0.25) is 5.02 Å². The summed E-state index contributed by atoms with van der Waals surface area (Å²) in [5, 5.41) is 14.0. The second-order valence-electron chi connectivity index (χ2n) is 8.78. The highest BCUT2D eigenvalue weighted by Gasteiger charge is 2.17. The molecule has 0 amide bonds. The van der Waals surface area contributed by atoms with Gasteiger partial charge in [-0.25, -0.2) is 4.68 Å². The maximum Gasteiger partial charge on any atom is 0.252 e. The Morgan fingerprint density at radius 3 is 2.54 bits per heavy atom. The van der Waals surface area contributed by atoms with Gasteiger partial charge in [-0.15, -0.1) is 5.10 Å². The molecule has 8 nitrogen and oxygen atoms in total. The van der Waals surface area contributed by atoms with E-state index in [2.05, 4.69) is 25.4 Å². The molecule has 0 spiro atoms. The zero-order valence-corrected chi connectivity index (χ0v) is 21.2. The first-order valence-corrected chi connectivity index (χ1v) is 12.5. The third kappa shape index (κ3) is 6.04. The zero-order valence-electron chi connectivity index (χ0n) is 20.5. The fourth-order valence-electron chi connectivity index (χ4n) is 4.30. The molecule has 0 aliphatic carbocycles. The summed E-state index contributed by atoms with van der Waals surface area (Å²) in [5.41, 5.74) is 3.33. The summed E-state index contributed by atoms with van der Waals surface area (Å²) < 4.78 is 7.43. The number of aromatic amines is 1. The van der Waals surface area contributed by atoms with Crippen LogP contribution in [-0.2, 0) is 26.2 Å². The van der Waals surface area contributed by atoms with Crippen molar-refractivity contribution in [2.24, 2.45) is 0 Å². The molecular formula is C28H27ClN6O2. The van der Waals surface area contributed by atoms with Gasteiger partial charge in [-0.2, -0.15) is 0 Å². The van der Waals surface area contributed by atoms with Crippen molar-refractivity contribution in [3.8, 4) is 5.75 Å². The monoisotopic (exact) mass is 514 g/mol. The van der Waals surface area contributed by atoms with Gasteiger partial charge < -0.3 is 9.72 Å². The van der Waals surface area contributed by atoms with Crippen molar-refractivity contribution in [2.75, 3.05) is 6.61 Å². The Balaban J connectivity index is 1.46. The summed E-state index contributed by atoms with van der Waals surface area (Å²) in [5.74, 6) is 1.47. The summed E-state index contributed by atoms with van der Waals surface area (Å²) in [6.45, 7) is 4.41. The average Bonchev–Trinajstić information content (AvgIpc) is 3.33. The molecule has 0 fully saturated rings. The summed E-state index contributed by atoms with van der Waals surface area (Å²) >= 11 is 6.49.